The van der Waals surface area contributed by atoms with E-state index in [0.717, 1.165) is 21.8 Å². The first-order valence-electron chi connectivity index (χ1n) is 6.82. The Morgan fingerprint density at radius 1 is 1.13 bits per heavy atom. The molecule has 1 aliphatic rings. The van der Waals surface area contributed by atoms with Gasteiger partial charge in [-0.2, -0.15) is 0 Å². The summed E-state index contributed by atoms with van der Waals surface area (Å²) in [6.07, 6.45) is 1.62. The van der Waals surface area contributed by atoms with Crippen LogP contribution in [0, 0.1) is 0 Å². The van der Waals surface area contributed by atoms with E-state index in [2.05, 4.69) is 15.9 Å². The van der Waals surface area contributed by atoms with E-state index in [1.807, 2.05) is 24.3 Å². The van der Waals surface area contributed by atoms with Crippen LogP contribution in [0.2, 0.25) is 0 Å². The van der Waals surface area contributed by atoms with Gasteiger partial charge in [0.25, 0.3) is 11.1 Å². The molecular formula is C17H12BrNO3S. The van der Waals surface area contributed by atoms with Crippen LogP contribution in [0.3, 0.4) is 0 Å². The van der Waals surface area contributed by atoms with Gasteiger partial charge >= 0.3 is 0 Å². The number of carbonyl (C=O) groups excluding carboxylic acids is 2. The summed E-state index contributed by atoms with van der Waals surface area (Å²) < 4.78 is 0.900. The molecule has 23 heavy (non-hydrogen) atoms. The maximum atomic E-state index is 12.4. The van der Waals surface area contributed by atoms with Crippen molar-refractivity contribution in [3.05, 3.63) is 69.0 Å². The zero-order valence-electron chi connectivity index (χ0n) is 11.9. The molecule has 3 rings (SSSR count). The number of phenolic OH excluding ortho intramolecular Hbond substituents is 1. The van der Waals surface area contributed by atoms with Crippen LogP contribution in [0.25, 0.3) is 6.08 Å². The van der Waals surface area contributed by atoms with Crippen molar-refractivity contribution in [2.45, 2.75) is 6.54 Å². The lowest BCUT2D eigenvalue weighted by Crippen LogP contribution is -2.27. The van der Waals surface area contributed by atoms with Crippen LogP contribution in [0.5, 0.6) is 5.75 Å². The molecule has 0 unspecified atom stereocenters. The summed E-state index contributed by atoms with van der Waals surface area (Å²) in [7, 11) is 0. The Labute approximate surface area is 145 Å². The maximum Gasteiger partial charge on any atom is 0.293 e. The minimum Gasteiger partial charge on any atom is -0.508 e. The first-order valence-corrected chi connectivity index (χ1v) is 8.43. The Morgan fingerprint density at radius 3 is 2.65 bits per heavy atom. The predicted molar refractivity (Wildman–Crippen MR) is 93.8 cm³/mol. The summed E-state index contributed by atoms with van der Waals surface area (Å²) in [5.74, 6) is -0.199. The Hall–Kier alpha value is -2.05. The second-order valence-electron chi connectivity index (χ2n) is 4.99. The Morgan fingerprint density at radius 2 is 1.91 bits per heavy atom. The summed E-state index contributed by atoms with van der Waals surface area (Å²) in [4.78, 5) is 26.1. The van der Waals surface area contributed by atoms with E-state index in [-0.39, 0.29) is 23.4 Å². The fourth-order valence-corrected chi connectivity index (χ4v) is 3.51. The van der Waals surface area contributed by atoms with Gasteiger partial charge in [-0.1, -0.05) is 40.2 Å². The highest BCUT2D eigenvalue weighted by molar-refractivity contribution is 9.10. The molecule has 1 aliphatic heterocycles. The van der Waals surface area contributed by atoms with Crippen LogP contribution in [0.1, 0.15) is 11.1 Å². The monoisotopic (exact) mass is 389 g/mol. The highest BCUT2D eigenvalue weighted by atomic mass is 79.9. The van der Waals surface area contributed by atoms with Crippen LogP contribution in [-0.2, 0) is 11.3 Å². The second-order valence-corrected chi connectivity index (χ2v) is 6.90. The van der Waals surface area contributed by atoms with E-state index in [1.165, 1.54) is 4.90 Å². The van der Waals surface area contributed by atoms with Crippen molar-refractivity contribution < 1.29 is 14.7 Å². The molecule has 0 spiro atoms. The van der Waals surface area contributed by atoms with Gasteiger partial charge in [0.05, 0.1) is 11.4 Å². The van der Waals surface area contributed by atoms with Gasteiger partial charge in [0, 0.05) is 4.47 Å². The summed E-state index contributed by atoms with van der Waals surface area (Å²) in [5, 5.41) is 9.18. The number of phenols is 1. The number of nitrogens with zero attached hydrogens (tertiary/aromatic N) is 1. The van der Waals surface area contributed by atoms with Gasteiger partial charge in [0.15, 0.2) is 0 Å². The van der Waals surface area contributed by atoms with E-state index in [0.29, 0.717) is 10.5 Å². The van der Waals surface area contributed by atoms with Gasteiger partial charge in [-0.25, -0.2) is 0 Å². The van der Waals surface area contributed by atoms with Crippen molar-refractivity contribution in [3.8, 4) is 5.75 Å². The Bertz CT molecular complexity index is 819. The van der Waals surface area contributed by atoms with Crippen LogP contribution in [0.15, 0.2) is 57.9 Å². The summed E-state index contributed by atoms with van der Waals surface area (Å²) in [5.41, 5.74) is 1.55. The predicted octanol–water partition coefficient (Wildman–Crippen LogP) is 4.39. The minimum absolute atomic E-state index is 0.118. The molecular weight excluding hydrogens is 378 g/mol. The number of aromatic hydroxyl groups is 1. The first kappa shape index (κ1) is 15.8. The van der Waals surface area contributed by atoms with E-state index in [1.54, 1.807) is 30.3 Å². The molecule has 1 heterocycles. The van der Waals surface area contributed by atoms with Crippen LogP contribution in [0.4, 0.5) is 4.79 Å². The van der Waals surface area contributed by atoms with Crippen molar-refractivity contribution in [3.63, 3.8) is 0 Å². The van der Waals surface area contributed by atoms with Gasteiger partial charge in [-0.15, -0.1) is 0 Å². The fraction of sp³-hybridized carbons (Fsp3) is 0.0588. The van der Waals surface area contributed by atoms with Crippen molar-refractivity contribution in [1.82, 2.24) is 4.90 Å². The van der Waals surface area contributed by atoms with Gasteiger partial charge in [0.2, 0.25) is 0 Å². The standard InChI is InChI=1S/C17H12BrNO3S/c18-13-5-1-4-12(7-13)10-19-16(21)15(23-17(19)22)9-11-3-2-6-14(20)8-11/h1-9,20H,10H2/b15-9+. The molecule has 1 fully saturated rings. The zero-order chi connectivity index (χ0) is 16.4. The number of hydrogen-bond acceptors (Lipinski definition) is 4. The van der Waals surface area contributed by atoms with Crippen LogP contribution >= 0.6 is 27.7 Å². The lowest BCUT2D eigenvalue weighted by Gasteiger charge is -2.12. The third-order valence-electron chi connectivity index (χ3n) is 3.27. The topological polar surface area (TPSA) is 57.6 Å². The lowest BCUT2D eigenvalue weighted by atomic mass is 10.2. The Kier molecular flexibility index (Phi) is 4.54. The molecule has 1 saturated heterocycles. The highest BCUT2D eigenvalue weighted by Crippen LogP contribution is 2.33. The molecule has 4 nitrogen and oxygen atoms in total. The molecule has 0 radical (unpaired) electrons. The van der Waals surface area contributed by atoms with Crippen molar-refractivity contribution >= 4 is 44.9 Å². The largest absolute Gasteiger partial charge is 0.508 e. The third kappa shape index (κ3) is 3.65. The normalized spacial score (nSPS) is 16.4. The summed E-state index contributed by atoms with van der Waals surface area (Å²) in [6, 6.07) is 14.0. The lowest BCUT2D eigenvalue weighted by molar-refractivity contribution is -0.123. The molecule has 1 N–H and O–H groups in total. The molecule has 2 aromatic rings. The molecule has 6 heteroatoms. The number of halogens is 1. The second kappa shape index (κ2) is 6.60. The average Bonchev–Trinajstić information content (AvgIpc) is 2.75. The molecule has 0 aliphatic carbocycles. The summed E-state index contributed by atoms with van der Waals surface area (Å²) in [6.45, 7) is 0.238. The summed E-state index contributed by atoms with van der Waals surface area (Å²) >= 11 is 4.29. The Balaban J connectivity index is 1.82. The van der Waals surface area contributed by atoms with Crippen LogP contribution < -0.4 is 0 Å². The van der Waals surface area contributed by atoms with Gasteiger partial charge in [-0.3, -0.25) is 14.5 Å². The van der Waals surface area contributed by atoms with Gasteiger partial charge in [0.1, 0.15) is 5.75 Å². The van der Waals surface area contributed by atoms with Crippen molar-refractivity contribution in [2.24, 2.45) is 0 Å². The first-order chi connectivity index (χ1) is 11.0. The molecule has 0 bridgehead atoms. The number of hydrogen-bond donors (Lipinski definition) is 1. The van der Waals surface area contributed by atoms with Gasteiger partial charge < -0.3 is 5.11 Å². The third-order valence-corrected chi connectivity index (χ3v) is 4.67. The average molecular weight is 390 g/mol. The van der Waals surface area contributed by atoms with E-state index < -0.39 is 0 Å². The molecule has 0 saturated carbocycles. The number of benzene rings is 2. The maximum absolute atomic E-state index is 12.4. The number of rotatable bonds is 3. The highest BCUT2D eigenvalue weighted by Gasteiger charge is 2.34. The van der Waals surface area contributed by atoms with E-state index in [9.17, 15) is 14.7 Å². The number of imide groups is 1. The quantitative estimate of drug-likeness (QED) is 0.790. The fourth-order valence-electron chi connectivity index (χ4n) is 2.22. The molecule has 2 aromatic carbocycles. The van der Waals surface area contributed by atoms with Crippen molar-refractivity contribution in [1.29, 1.82) is 0 Å². The zero-order valence-corrected chi connectivity index (χ0v) is 14.3. The number of carbonyl (C=O) groups is 2. The molecule has 2 amide bonds. The molecule has 0 aromatic heterocycles. The number of amides is 2. The smallest absolute Gasteiger partial charge is 0.293 e. The number of thioether (sulfide) groups is 1. The van der Waals surface area contributed by atoms with E-state index >= 15 is 0 Å². The van der Waals surface area contributed by atoms with Crippen molar-refractivity contribution in [2.75, 3.05) is 0 Å². The molecule has 0 atom stereocenters. The SMILES string of the molecule is O=C1S/C(=C/c2cccc(O)c2)C(=O)N1Cc1cccc(Br)c1. The minimum atomic E-state index is -0.316. The molecule has 116 valence electrons. The van der Waals surface area contributed by atoms with E-state index in [4.69, 9.17) is 0 Å². The van der Waals surface area contributed by atoms with Crippen LogP contribution in [-0.4, -0.2) is 21.2 Å². The van der Waals surface area contributed by atoms with Gasteiger partial charge in [-0.05, 0) is 53.2 Å².